The number of aliphatic hydroxyl groups is 1. The van der Waals surface area contributed by atoms with Crippen LogP contribution >= 0.6 is 11.3 Å². The fourth-order valence-corrected chi connectivity index (χ4v) is 4.10. The molecule has 0 spiro atoms. The van der Waals surface area contributed by atoms with Gasteiger partial charge < -0.3 is 15.1 Å². The molecule has 0 bridgehead atoms. The van der Waals surface area contributed by atoms with Gasteiger partial charge in [-0.25, -0.2) is 4.79 Å². The summed E-state index contributed by atoms with van der Waals surface area (Å²) in [5.74, 6) is 5.39. The van der Waals surface area contributed by atoms with Gasteiger partial charge in [0.05, 0.1) is 12.1 Å². The SMILES string of the molecule is CCC#CCC(C)[C@H](O)/C=C/C1CCC(=O)N1CCCc1ccc(C(=O)O)s1. The highest BCUT2D eigenvalue weighted by atomic mass is 32.1. The molecule has 1 saturated heterocycles. The number of likely N-dealkylation sites (tertiary alicyclic amines) is 1. The quantitative estimate of drug-likeness (QED) is 0.486. The molecule has 5 nitrogen and oxygen atoms in total. The maximum absolute atomic E-state index is 12.2. The molecule has 2 heterocycles. The highest BCUT2D eigenvalue weighted by molar-refractivity contribution is 7.13. The second kappa shape index (κ2) is 11.0. The van der Waals surface area contributed by atoms with Crippen molar-refractivity contribution in [3.63, 3.8) is 0 Å². The zero-order valence-corrected chi connectivity index (χ0v) is 17.4. The van der Waals surface area contributed by atoms with Crippen molar-refractivity contribution in [2.45, 2.75) is 64.5 Å². The number of carboxylic acids is 1. The molecule has 0 saturated carbocycles. The minimum Gasteiger partial charge on any atom is -0.477 e. The zero-order valence-electron chi connectivity index (χ0n) is 16.6. The van der Waals surface area contributed by atoms with E-state index in [1.54, 1.807) is 12.1 Å². The number of rotatable bonds is 9. The van der Waals surface area contributed by atoms with Crippen LogP contribution in [-0.2, 0) is 11.2 Å². The van der Waals surface area contributed by atoms with Crippen molar-refractivity contribution in [2.24, 2.45) is 5.92 Å². The molecule has 2 unspecified atom stereocenters. The number of carbonyl (C=O) groups excluding carboxylic acids is 1. The van der Waals surface area contributed by atoms with Gasteiger partial charge in [0.2, 0.25) is 5.91 Å². The van der Waals surface area contributed by atoms with Crippen molar-refractivity contribution in [3.8, 4) is 11.8 Å². The van der Waals surface area contributed by atoms with E-state index in [4.69, 9.17) is 5.11 Å². The Bertz CT molecular complexity index is 758. The lowest BCUT2D eigenvalue weighted by Crippen LogP contribution is -2.33. The van der Waals surface area contributed by atoms with E-state index >= 15 is 0 Å². The van der Waals surface area contributed by atoms with Crippen LogP contribution in [0.15, 0.2) is 24.3 Å². The Morgan fingerprint density at radius 2 is 2.21 bits per heavy atom. The molecule has 1 aromatic rings. The first-order valence-corrected chi connectivity index (χ1v) is 10.7. The Kier molecular flexibility index (Phi) is 8.75. The molecule has 1 aliphatic heterocycles. The Morgan fingerprint density at radius 3 is 2.89 bits per heavy atom. The number of thiophene rings is 1. The molecule has 152 valence electrons. The Balaban J connectivity index is 1.85. The van der Waals surface area contributed by atoms with Crippen LogP contribution in [0.2, 0.25) is 0 Å². The standard InChI is InChI=1S/C22H29NO4S/c1-3-4-5-7-16(2)19(24)12-9-17-10-14-21(25)23(17)15-6-8-18-11-13-20(28-18)22(26)27/h9,11-13,16-17,19,24H,3,6-8,10,14-15H2,1-2H3,(H,26,27)/b12-9+/t16?,17?,19-/m1/s1. The third-order valence-corrected chi connectivity index (χ3v) is 6.04. The number of hydrogen-bond donors (Lipinski definition) is 2. The van der Waals surface area contributed by atoms with Crippen LogP contribution in [0.5, 0.6) is 0 Å². The number of hydrogen-bond acceptors (Lipinski definition) is 4. The van der Waals surface area contributed by atoms with Gasteiger partial charge in [0.25, 0.3) is 0 Å². The molecule has 1 aliphatic rings. The molecule has 1 amide bonds. The van der Waals surface area contributed by atoms with Gasteiger partial charge in [0.15, 0.2) is 0 Å². The lowest BCUT2D eigenvalue weighted by molar-refractivity contribution is -0.128. The first-order valence-electron chi connectivity index (χ1n) is 9.86. The van der Waals surface area contributed by atoms with Gasteiger partial charge in [-0.15, -0.1) is 23.2 Å². The summed E-state index contributed by atoms with van der Waals surface area (Å²) >= 11 is 1.29. The van der Waals surface area contributed by atoms with Gasteiger partial charge in [-0.05, 0) is 37.3 Å². The third kappa shape index (κ3) is 6.50. The van der Waals surface area contributed by atoms with E-state index in [9.17, 15) is 14.7 Å². The fraction of sp³-hybridized carbons (Fsp3) is 0.545. The summed E-state index contributed by atoms with van der Waals surface area (Å²) < 4.78 is 0. The van der Waals surface area contributed by atoms with Gasteiger partial charge in [0, 0.05) is 30.7 Å². The number of carbonyl (C=O) groups is 2. The zero-order chi connectivity index (χ0) is 20.5. The van der Waals surface area contributed by atoms with Crippen LogP contribution in [0.4, 0.5) is 0 Å². The second-order valence-corrected chi connectivity index (χ2v) is 8.30. The third-order valence-electron chi connectivity index (χ3n) is 4.91. The number of nitrogens with zero attached hydrogens (tertiary/aromatic N) is 1. The Morgan fingerprint density at radius 1 is 1.43 bits per heavy atom. The van der Waals surface area contributed by atoms with Crippen LogP contribution in [-0.4, -0.2) is 45.7 Å². The molecule has 0 radical (unpaired) electrons. The summed E-state index contributed by atoms with van der Waals surface area (Å²) in [6.45, 7) is 4.62. The van der Waals surface area contributed by atoms with Crippen molar-refractivity contribution >= 4 is 23.2 Å². The van der Waals surface area contributed by atoms with Crippen molar-refractivity contribution in [1.82, 2.24) is 4.90 Å². The predicted molar refractivity (Wildman–Crippen MR) is 111 cm³/mol. The van der Waals surface area contributed by atoms with E-state index in [1.165, 1.54) is 11.3 Å². The lowest BCUT2D eigenvalue weighted by atomic mass is 10.00. The monoisotopic (exact) mass is 403 g/mol. The van der Waals surface area contributed by atoms with Crippen LogP contribution in [0.3, 0.4) is 0 Å². The summed E-state index contributed by atoms with van der Waals surface area (Å²) in [5, 5.41) is 19.3. The average molecular weight is 404 g/mol. The van der Waals surface area contributed by atoms with Gasteiger partial charge in [-0.1, -0.05) is 26.0 Å². The summed E-state index contributed by atoms with van der Waals surface area (Å²) in [6, 6.07) is 3.49. The molecular formula is C22H29NO4S. The minimum absolute atomic E-state index is 0.0222. The summed E-state index contributed by atoms with van der Waals surface area (Å²) in [6.07, 6.45) is 7.52. The summed E-state index contributed by atoms with van der Waals surface area (Å²) in [7, 11) is 0. The largest absolute Gasteiger partial charge is 0.477 e. The molecule has 2 rings (SSSR count). The van der Waals surface area contributed by atoms with E-state index in [2.05, 4.69) is 11.8 Å². The normalized spacial score (nSPS) is 18.9. The summed E-state index contributed by atoms with van der Waals surface area (Å²) in [5.41, 5.74) is 0. The van der Waals surface area contributed by atoms with Gasteiger partial charge in [-0.2, -0.15) is 0 Å². The van der Waals surface area contributed by atoms with Crippen LogP contribution in [0.25, 0.3) is 0 Å². The molecule has 0 aliphatic carbocycles. The highest BCUT2D eigenvalue weighted by Crippen LogP contribution is 2.23. The number of carboxylic acid groups (broad SMARTS) is 1. The van der Waals surface area contributed by atoms with E-state index in [-0.39, 0.29) is 17.9 Å². The van der Waals surface area contributed by atoms with Crippen molar-refractivity contribution < 1.29 is 19.8 Å². The van der Waals surface area contributed by atoms with E-state index < -0.39 is 12.1 Å². The summed E-state index contributed by atoms with van der Waals surface area (Å²) in [4.78, 5) is 26.4. The average Bonchev–Trinajstić information content (AvgIpc) is 3.27. The Labute approximate surface area is 171 Å². The highest BCUT2D eigenvalue weighted by Gasteiger charge is 2.28. The molecule has 0 aromatic carbocycles. The van der Waals surface area contributed by atoms with Crippen molar-refractivity contribution in [2.75, 3.05) is 6.54 Å². The van der Waals surface area contributed by atoms with E-state index in [1.807, 2.05) is 30.9 Å². The molecule has 3 atom stereocenters. The maximum Gasteiger partial charge on any atom is 0.345 e. The lowest BCUT2D eigenvalue weighted by Gasteiger charge is -2.23. The first-order chi connectivity index (χ1) is 13.4. The molecule has 2 N–H and O–H groups in total. The van der Waals surface area contributed by atoms with Crippen molar-refractivity contribution in [3.05, 3.63) is 34.0 Å². The topological polar surface area (TPSA) is 77.8 Å². The number of amides is 1. The first kappa shape index (κ1) is 22.2. The maximum atomic E-state index is 12.2. The number of aryl methyl sites for hydroxylation is 1. The van der Waals surface area contributed by atoms with E-state index in [0.29, 0.717) is 24.3 Å². The molecule has 28 heavy (non-hydrogen) atoms. The predicted octanol–water partition coefficient (Wildman–Crippen LogP) is 3.73. The van der Waals surface area contributed by atoms with Gasteiger partial charge >= 0.3 is 5.97 Å². The van der Waals surface area contributed by atoms with Gasteiger partial charge in [-0.3, -0.25) is 4.79 Å². The second-order valence-electron chi connectivity index (χ2n) is 7.13. The number of aliphatic hydroxyl groups excluding tert-OH is 1. The number of aromatic carboxylic acids is 1. The van der Waals surface area contributed by atoms with E-state index in [0.717, 1.165) is 30.6 Å². The molecule has 1 aromatic heterocycles. The minimum atomic E-state index is -0.898. The molecule has 1 fully saturated rings. The Hall–Kier alpha value is -2.10. The van der Waals surface area contributed by atoms with Crippen LogP contribution in [0, 0.1) is 17.8 Å². The molecule has 6 heteroatoms. The molecular weight excluding hydrogens is 374 g/mol. The van der Waals surface area contributed by atoms with Gasteiger partial charge in [0.1, 0.15) is 4.88 Å². The van der Waals surface area contributed by atoms with Crippen LogP contribution < -0.4 is 0 Å². The fourth-order valence-electron chi connectivity index (χ4n) is 3.21. The smallest absolute Gasteiger partial charge is 0.345 e. The van der Waals surface area contributed by atoms with Crippen LogP contribution in [0.1, 0.15) is 60.5 Å². The van der Waals surface area contributed by atoms with Crippen molar-refractivity contribution in [1.29, 1.82) is 0 Å².